The molecule has 146 valence electrons. The Labute approximate surface area is 176 Å². The van der Waals surface area contributed by atoms with Gasteiger partial charge in [-0.3, -0.25) is 0 Å². The number of fused-ring (bicyclic) bond motifs is 1. The van der Waals surface area contributed by atoms with Gasteiger partial charge in [0.2, 0.25) is 0 Å². The van der Waals surface area contributed by atoms with E-state index in [0.29, 0.717) is 5.75 Å². The van der Waals surface area contributed by atoms with E-state index in [2.05, 4.69) is 25.1 Å². The number of benzene rings is 4. The fourth-order valence-corrected chi connectivity index (χ4v) is 3.62. The molecular formula is C27H21NO2. The average molecular weight is 391 g/mol. The van der Waals surface area contributed by atoms with Crippen molar-refractivity contribution < 1.29 is 9.84 Å². The van der Waals surface area contributed by atoms with E-state index in [1.54, 1.807) is 18.2 Å². The molecule has 4 rings (SSSR count). The molecule has 0 saturated heterocycles. The summed E-state index contributed by atoms with van der Waals surface area (Å²) in [5.41, 5.74) is 4.24. The van der Waals surface area contributed by atoms with Gasteiger partial charge in [0.15, 0.2) is 0 Å². The highest BCUT2D eigenvalue weighted by molar-refractivity contribution is 5.97. The van der Waals surface area contributed by atoms with E-state index in [-0.39, 0.29) is 5.75 Å². The molecule has 1 N–H and O–H groups in total. The maximum Gasteiger partial charge on any atom is 0.143 e. The number of allylic oxidation sites excluding steroid dienone is 1. The SMILES string of the molecule is CCc1cc2cc(O)ccc2c(Oc2ccc(/C=C/C#N)cc2)c1-c1ccccc1. The average Bonchev–Trinajstić information content (AvgIpc) is 2.78. The molecule has 3 nitrogen and oxygen atoms in total. The van der Waals surface area contributed by atoms with Gasteiger partial charge in [-0.2, -0.15) is 5.26 Å². The Morgan fingerprint density at radius 2 is 1.73 bits per heavy atom. The number of phenols is 1. The van der Waals surface area contributed by atoms with Crippen molar-refractivity contribution in [3.8, 4) is 34.4 Å². The number of nitrogens with zero attached hydrogens (tertiary/aromatic N) is 1. The molecule has 4 aromatic rings. The second-order valence-corrected chi connectivity index (χ2v) is 7.00. The molecule has 0 aliphatic rings. The zero-order valence-electron chi connectivity index (χ0n) is 16.7. The minimum atomic E-state index is 0.233. The Bertz CT molecular complexity index is 1250. The smallest absolute Gasteiger partial charge is 0.143 e. The predicted octanol–water partition coefficient (Wildman–Crippen LogP) is 7.10. The minimum Gasteiger partial charge on any atom is -0.508 e. The molecule has 0 fully saturated rings. The van der Waals surface area contributed by atoms with Crippen LogP contribution in [-0.2, 0) is 6.42 Å². The number of rotatable bonds is 5. The summed E-state index contributed by atoms with van der Waals surface area (Å²) in [5, 5.41) is 20.6. The quantitative estimate of drug-likeness (QED) is 0.369. The summed E-state index contributed by atoms with van der Waals surface area (Å²) >= 11 is 0. The van der Waals surface area contributed by atoms with Crippen LogP contribution in [0.2, 0.25) is 0 Å². The summed E-state index contributed by atoms with van der Waals surface area (Å²) < 4.78 is 6.45. The van der Waals surface area contributed by atoms with Crippen LogP contribution in [0.4, 0.5) is 0 Å². The van der Waals surface area contributed by atoms with Gasteiger partial charge in [-0.05, 0) is 64.9 Å². The van der Waals surface area contributed by atoms with Crippen molar-refractivity contribution >= 4 is 16.8 Å². The second-order valence-electron chi connectivity index (χ2n) is 7.00. The first-order valence-electron chi connectivity index (χ1n) is 9.87. The monoisotopic (exact) mass is 391 g/mol. The summed E-state index contributed by atoms with van der Waals surface area (Å²) in [4.78, 5) is 0. The number of nitriles is 1. The number of ether oxygens (including phenoxy) is 1. The van der Waals surface area contributed by atoms with Crippen LogP contribution in [0.15, 0.2) is 84.9 Å². The number of phenolic OH excluding ortho intramolecular Hbond substituents is 1. The van der Waals surface area contributed by atoms with Gasteiger partial charge in [0, 0.05) is 17.0 Å². The normalized spacial score (nSPS) is 10.9. The highest BCUT2D eigenvalue weighted by atomic mass is 16.5. The van der Waals surface area contributed by atoms with Crippen molar-refractivity contribution in [3.63, 3.8) is 0 Å². The van der Waals surface area contributed by atoms with Gasteiger partial charge in [-0.1, -0.05) is 55.5 Å². The lowest BCUT2D eigenvalue weighted by Crippen LogP contribution is -1.96. The standard InChI is InChI=1S/C27H21NO2/c1-2-20-17-22-18-23(29)12-15-25(22)27(26(20)21-8-4-3-5-9-21)30-24-13-10-19(11-14-24)7-6-16-28/h3-15,17-18,29H,2H2,1H3/b7-6+. The van der Waals surface area contributed by atoms with Gasteiger partial charge in [0.05, 0.1) is 6.07 Å². The largest absolute Gasteiger partial charge is 0.508 e. The molecule has 0 aromatic heterocycles. The van der Waals surface area contributed by atoms with Gasteiger partial charge < -0.3 is 9.84 Å². The van der Waals surface area contributed by atoms with E-state index >= 15 is 0 Å². The lowest BCUT2D eigenvalue weighted by molar-refractivity contribution is 0.475. The Kier molecular flexibility index (Phi) is 5.50. The van der Waals surface area contributed by atoms with Crippen LogP contribution in [0, 0.1) is 11.3 Å². The third kappa shape index (κ3) is 3.90. The number of hydrogen-bond acceptors (Lipinski definition) is 3. The van der Waals surface area contributed by atoms with Crippen molar-refractivity contribution in [2.45, 2.75) is 13.3 Å². The number of hydrogen-bond donors (Lipinski definition) is 1. The van der Waals surface area contributed by atoms with Gasteiger partial charge >= 0.3 is 0 Å². The molecule has 0 radical (unpaired) electrons. The first-order chi connectivity index (χ1) is 14.7. The van der Waals surface area contributed by atoms with Crippen LogP contribution in [0.5, 0.6) is 17.2 Å². The Hall–Kier alpha value is -4.03. The number of aromatic hydroxyl groups is 1. The molecule has 0 heterocycles. The van der Waals surface area contributed by atoms with Crippen LogP contribution < -0.4 is 4.74 Å². The maximum absolute atomic E-state index is 9.99. The molecule has 0 aliphatic heterocycles. The predicted molar refractivity (Wildman–Crippen MR) is 122 cm³/mol. The molecule has 0 amide bonds. The highest BCUT2D eigenvalue weighted by Gasteiger charge is 2.17. The molecular weight excluding hydrogens is 370 g/mol. The molecule has 4 aromatic carbocycles. The van der Waals surface area contributed by atoms with Crippen molar-refractivity contribution in [2.24, 2.45) is 0 Å². The first kappa shape index (κ1) is 19.3. The number of aryl methyl sites for hydroxylation is 1. The fraction of sp³-hybridized carbons (Fsp3) is 0.0741. The Morgan fingerprint density at radius 3 is 2.43 bits per heavy atom. The second kappa shape index (κ2) is 8.55. The lowest BCUT2D eigenvalue weighted by atomic mass is 9.92. The summed E-state index contributed by atoms with van der Waals surface area (Å²) in [6.45, 7) is 2.12. The molecule has 0 spiro atoms. The van der Waals surface area contributed by atoms with Crippen LogP contribution >= 0.6 is 0 Å². The van der Waals surface area contributed by atoms with Crippen LogP contribution in [0.1, 0.15) is 18.1 Å². The van der Waals surface area contributed by atoms with E-state index in [4.69, 9.17) is 10.00 Å². The summed E-state index contributed by atoms with van der Waals surface area (Å²) in [6.07, 6.45) is 4.05. The molecule has 0 unspecified atom stereocenters. The van der Waals surface area contributed by atoms with Gasteiger partial charge in [-0.25, -0.2) is 0 Å². The molecule has 3 heteroatoms. The van der Waals surface area contributed by atoms with Crippen molar-refractivity contribution in [1.82, 2.24) is 0 Å². The topological polar surface area (TPSA) is 53.2 Å². The minimum absolute atomic E-state index is 0.233. The zero-order valence-corrected chi connectivity index (χ0v) is 16.7. The third-order valence-corrected chi connectivity index (χ3v) is 5.05. The van der Waals surface area contributed by atoms with E-state index in [1.165, 1.54) is 6.08 Å². The molecule has 0 bridgehead atoms. The van der Waals surface area contributed by atoms with Gasteiger partial charge in [-0.15, -0.1) is 0 Å². The summed E-state index contributed by atoms with van der Waals surface area (Å²) in [5.74, 6) is 1.72. The van der Waals surface area contributed by atoms with E-state index < -0.39 is 0 Å². The van der Waals surface area contributed by atoms with E-state index in [0.717, 1.165) is 45.2 Å². The highest BCUT2D eigenvalue weighted by Crippen LogP contribution is 2.43. The van der Waals surface area contributed by atoms with Crippen molar-refractivity contribution in [3.05, 3.63) is 96.1 Å². The zero-order chi connectivity index (χ0) is 20.9. The molecule has 30 heavy (non-hydrogen) atoms. The fourth-order valence-electron chi connectivity index (χ4n) is 3.62. The third-order valence-electron chi connectivity index (χ3n) is 5.05. The molecule has 0 aliphatic carbocycles. The molecule has 0 atom stereocenters. The van der Waals surface area contributed by atoms with Gasteiger partial charge in [0.1, 0.15) is 17.2 Å². The molecule has 0 saturated carbocycles. The van der Waals surface area contributed by atoms with E-state index in [9.17, 15) is 5.11 Å². The Morgan fingerprint density at radius 1 is 0.967 bits per heavy atom. The first-order valence-corrected chi connectivity index (χ1v) is 9.87. The van der Waals surface area contributed by atoms with Crippen molar-refractivity contribution in [2.75, 3.05) is 0 Å². The van der Waals surface area contributed by atoms with Crippen LogP contribution in [0.25, 0.3) is 28.0 Å². The van der Waals surface area contributed by atoms with Crippen LogP contribution in [0.3, 0.4) is 0 Å². The van der Waals surface area contributed by atoms with Crippen LogP contribution in [-0.4, -0.2) is 5.11 Å². The van der Waals surface area contributed by atoms with Crippen molar-refractivity contribution in [1.29, 1.82) is 5.26 Å². The van der Waals surface area contributed by atoms with Gasteiger partial charge in [0.25, 0.3) is 0 Å². The maximum atomic E-state index is 9.99. The lowest BCUT2D eigenvalue weighted by Gasteiger charge is -2.18. The summed E-state index contributed by atoms with van der Waals surface area (Å²) in [7, 11) is 0. The Balaban J connectivity index is 1.90. The summed E-state index contributed by atoms with van der Waals surface area (Å²) in [6, 6.07) is 27.3. The van der Waals surface area contributed by atoms with E-state index in [1.807, 2.05) is 54.6 Å².